The predicted molar refractivity (Wildman–Crippen MR) is 232 cm³/mol. The van der Waals surface area contributed by atoms with Crippen LogP contribution >= 0.6 is 0 Å². The lowest BCUT2D eigenvalue weighted by atomic mass is 9.51. The summed E-state index contributed by atoms with van der Waals surface area (Å²) in [5.41, 5.74) is -1.62. The number of rotatable bonds is 10. The fourth-order valence-electron chi connectivity index (χ4n) is 13.4. The Morgan fingerprint density at radius 2 is 1.42 bits per heavy atom. The van der Waals surface area contributed by atoms with Crippen molar-refractivity contribution in [3.63, 3.8) is 0 Å². The molecule has 0 aromatic rings. The van der Waals surface area contributed by atoms with Gasteiger partial charge in [0.1, 0.15) is 78.8 Å². The molecule has 0 aromatic heterocycles. The smallest absolute Gasteiger partial charge is 0.203 e. The lowest BCUT2D eigenvalue weighted by Crippen LogP contribution is -2.65. The number of fused-ring (bicyclic) bond motifs is 6. The number of ether oxygens (including phenoxy) is 10. The minimum Gasteiger partial charge on any atom is -0.396 e. The molecular weight excluding hydrogens is 964 g/mol. The molecule has 4 aliphatic carbocycles. The van der Waals surface area contributed by atoms with Crippen molar-refractivity contribution in [1.82, 2.24) is 0 Å². The van der Waals surface area contributed by atoms with Crippen molar-refractivity contribution in [2.24, 2.45) is 35.0 Å². The quantitative estimate of drug-likeness (QED) is 0.0905. The highest BCUT2D eigenvalue weighted by molar-refractivity contribution is 6.04. The van der Waals surface area contributed by atoms with Crippen LogP contribution in [0.5, 0.6) is 0 Å². The van der Waals surface area contributed by atoms with E-state index < -0.39 is 214 Å². The summed E-state index contributed by atoms with van der Waals surface area (Å²) in [5, 5.41) is 154. The van der Waals surface area contributed by atoms with E-state index in [1.165, 1.54) is 6.92 Å². The molecule has 6 aliphatic heterocycles. The summed E-state index contributed by atoms with van der Waals surface area (Å²) in [6.07, 6.45) is -29.9. The standard InChI is InChI=1S/C47H70O25/c1-15-10-66-47(39(60)29(15)54)21(9-48)26-19-4-5-20-28(27(19)32(57)36(26)72-47)22(51)7-17-6-18(50)8-25(45(17,20)3)68-43-38(35(24(53)12-64-43)69-41-33(58)31(56)23(52)11-63-41)71-42-34(59)37(30(55)16(2)67-42)70-44-40(61)46(62,13-49)14-65-44/h7,15-16,18,20-26,28-31,33-44,48-56,58-62H,4-6,8-14H2,1-3H3/t15-,16-,18+,20+,21-,22-,23+,24-,25+,26-,28+,29+,30-,31-,33+,34+,35-,36+,37+,38+,39-,40-,41-,42-,43-,44-,45+,46-,47-/m0/s1. The van der Waals surface area contributed by atoms with Crippen LogP contribution in [0.15, 0.2) is 22.8 Å². The first kappa shape index (κ1) is 53.6. The first-order valence-corrected chi connectivity index (χ1v) is 24.9. The summed E-state index contributed by atoms with van der Waals surface area (Å²) in [6, 6.07) is 0. The van der Waals surface area contributed by atoms with E-state index in [9.17, 15) is 76.3 Å². The summed E-state index contributed by atoms with van der Waals surface area (Å²) < 4.78 is 60.7. The molecule has 6 heterocycles. The van der Waals surface area contributed by atoms with Crippen molar-refractivity contribution in [1.29, 1.82) is 0 Å². The molecule has 14 N–H and O–H groups in total. The maximum Gasteiger partial charge on any atom is 0.203 e. The second kappa shape index (κ2) is 19.9. The second-order valence-electron chi connectivity index (χ2n) is 21.9. The highest BCUT2D eigenvalue weighted by atomic mass is 16.8. The zero-order valence-corrected chi connectivity index (χ0v) is 39.9. The summed E-state index contributed by atoms with van der Waals surface area (Å²) in [7, 11) is 0. The Kier molecular flexibility index (Phi) is 14.8. The molecule has 10 aliphatic rings. The van der Waals surface area contributed by atoms with Crippen molar-refractivity contribution in [3.8, 4) is 0 Å². The first-order valence-electron chi connectivity index (χ1n) is 24.9. The minimum absolute atomic E-state index is 0.00717. The SMILES string of the molecule is C[C@@H]1O[C@@H](O[C@H]2[C@H](O[C@@H]3C[C@H](O)CC4=C[C@H](O)[C@@H]5C6=C(CC[C@H]5[C@@]43C)[C@@H]3[C@@H](O[C@@]4(OC[C@H](C)[C@@H](O)[C@@H]4O)[C@H]3CO)C6=O)OC[C@H](O)[C@@H]2O[C@@H]2OC[C@@H](O)[C@H](O)[C@H]2O)[C@H](O)[C@H](O[C@@H]2OC[C@@](O)(CO)[C@H]2O)[C@H]1O. The maximum atomic E-state index is 14.8. The van der Waals surface area contributed by atoms with Gasteiger partial charge in [0.2, 0.25) is 5.79 Å². The number of hydrogen-bond donors (Lipinski definition) is 14. The molecule has 25 nitrogen and oxygen atoms in total. The molecular formula is C47H70O25. The monoisotopic (exact) mass is 1030 g/mol. The lowest BCUT2D eigenvalue weighted by molar-refractivity contribution is -0.387. The van der Waals surface area contributed by atoms with Crippen LogP contribution in [-0.2, 0) is 52.2 Å². The van der Waals surface area contributed by atoms with E-state index in [1.807, 2.05) is 6.92 Å². The average molecular weight is 1040 g/mol. The van der Waals surface area contributed by atoms with Gasteiger partial charge < -0.3 is 119 Å². The van der Waals surface area contributed by atoms with E-state index in [0.717, 1.165) is 0 Å². The van der Waals surface area contributed by atoms with Gasteiger partial charge in [-0.1, -0.05) is 31.1 Å². The molecule has 0 aromatic carbocycles. The van der Waals surface area contributed by atoms with Gasteiger partial charge in [0.15, 0.2) is 30.9 Å². The van der Waals surface area contributed by atoms with Crippen molar-refractivity contribution < 1.29 is 124 Å². The van der Waals surface area contributed by atoms with Crippen LogP contribution in [0.2, 0.25) is 0 Å². The molecule has 29 atom stereocenters. The van der Waals surface area contributed by atoms with Crippen molar-refractivity contribution in [2.45, 2.75) is 187 Å². The largest absolute Gasteiger partial charge is 0.396 e. The number of carbonyl (C=O) groups is 1. The summed E-state index contributed by atoms with van der Waals surface area (Å²) in [5.74, 6) is -5.84. The molecule has 6 saturated heterocycles. The summed E-state index contributed by atoms with van der Waals surface area (Å²) in [4.78, 5) is 14.8. The van der Waals surface area contributed by atoms with Crippen LogP contribution < -0.4 is 0 Å². The fourth-order valence-corrected chi connectivity index (χ4v) is 13.4. The number of aliphatic hydroxyl groups excluding tert-OH is 13. The van der Waals surface area contributed by atoms with Crippen molar-refractivity contribution in [3.05, 3.63) is 22.8 Å². The van der Waals surface area contributed by atoms with Crippen molar-refractivity contribution >= 4 is 5.78 Å². The molecule has 25 heteroatoms. The normalized spacial score (nSPS) is 55.6. The predicted octanol–water partition coefficient (Wildman–Crippen LogP) is -6.33. The van der Waals surface area contributed by atoms with E-state index in [1.54, 1.807) is 13.0 Å². The van der Waals surface area contributed by atoms with Gasteiger partial charge in [-0.3, -0.25) is 4.79 Å². The van der Waals surface area contributed by atoms with Crippen LogP contribution in [0.3, 0.4) is 0 Å². The van der Waals surface area contributed by atoms with Gasteiger partial charge in [-0.15, -0.1) is 0 Å². The van der Waals surface area contributed by atoms with E-state index in [-0.39, 0.29) is 19.4 Å². The van der Waals surface area contributed by atoms with Crippen LogP contribution in [0, 0.1) is 35.0 Å². The highest BCUT2D eigenvalue weighted by Gasteiger charge is 2.70. The summed E-state index contributed by atoms with van der Waals surface area (Å²) >= 11 is 0. The Morgan fingerprint density at radius 1 is 0.722 bits per heavy atom. The van der Waals surface area contributed by atoms with Gasteiger partial charge in [0, 0.05) is 41.1 Å². The maximum absolute atomic E-state index is 14.8. The number of ketones is 1. The Labute approximate surface area is 413 Å². The molecule has 72 heavy (non-hydrogen) atoms. The molecule has 0 unspecified atom stereocenters. The molecule has 7 fully saturated rings. The third-order valence-corrected chi connectivity index (χ3v) is 17.6. The Hall–Kier alpha value is -1.81. The van der Waals surface area contributed by atoms with Crippen LogP contribution in [-0.4, -0.2) is 257 Å². The first-order chi connectivity index (χ1) is 34.1. The van der Waals surface area contributed by atoms with Crippen LogP contribution in [0.25, 0.3) is 0 Å². The van der Waals surface area contributed by atoms with Gasteiger partial charge in [-0.05, 0) is 32.1 Å². The van der Waals surface area contributed by atoms with Crippen LogP contribution in [0.1, 0.15) is 46.5 Å². The van der Waals surface area contributed by atoms with Gasteiger partial charge in [-0.2, -0.15) is 0 Å². The minimum atomic E-state index is -2.12. The Morgan fingerprint density at radius 3 is 2.12 bits per heavy atom. The summed E-state index contributed by atoms with van der Waals surface area (Å²) in [6.45, 7) is 2.02. The van der Waals surface area contributed by atoms with Gasteiger partial charge in [0.25, 0.3) is 0 Å². The highest BCUT2D eigenvalue weighted by Crippen LogP contribution is 2.64. The number of carbonyl (C=O) groups excluding carboxylic acids is 1. The lowest BCUT2D eigenvalue weighted by Gasteiger charge is -2.57. The van der Waals surface area contributed by atoms with Gasteiger partial charge >= 0.3 is 0 Å². The van der Waals surface area contributed by atoms with Gasteiger partial charge in [-0.25, -0.2) is 0 Å². The third-order valence-electron chi connectivity index (χ3n) is 17.6. The molecule has 408 valence electrons. The van der Waals surface area contributed by atoms with E-state index in [2.05, 4.69) is 0 Å². The molecule has 0 amide bonds. The molecule has 10 rings (SSSR count). The van der Waals surface area contributed by atoms with E-state index in [4.69, 9.17) is 47.4 Å². The molecule has 0 radical (unpaired) electrons. The third kappa shape index (κ3) is 8.42. The zero-order valence-electron chi connectivity index (χ0n) is 39.9. The number of hydrogen-bond acceptors (Lipinski definition) is 25. The average Bonchev–Trinajstić information content (AvgIpc) is 3.94. The second-order valence-corrected chi connectivity index (χ2v) is 21.9. The van der Waals surface area contributed by atoms with Crippen molar-refractivity contribution in [2.75, 3.05) is 39.6 Å². The Bertz CT molecular complexity index is 2060. The number of Topliss-reactive ketones (excluding diaryl/α,β-unsaturated/α-hetero) is 1. The Balaban J connectivity index is 0.960. The van der Waals surface area contributed by atoms with Gasteiger partial charge in [0.05, 0.1) is 70.2 Å². The molecule has 1 spiro atoms. The molecule has 0 bridgehead atoms. The zero-order chi connectivity index (χ0) is 51.7. The number of aliphatic hydroxyl groups is 14. The molecule has 1 saturated carbocycles. The van der Waals surface area contributed by atoms with Crippen LogP contribution in [0.4, 0.5) is 0 Å². The fraction of sp³-hybridized carbons (Fsp3) is 0.894. The van der Waals surface area contributed by atoms with E-state index >= 15 is 0 Å². The topological polar surface area (TPSA) is 393 Å². The van der Waals surface area contributed by atoms with E-state index in [0.29, 0.717) is 29.6 Å².